The van der Waals surface area contributed by atoms with Crippen LogP contribution in [0.5, 0.6) is 0 Å². The zero-order valence-electron chi connectivity index (χ0n) is 16.0. The number of benzene rings is 2. The van der Waals surface area contributed by atoms with Gasteiger partial charge in [-0.05, 0) is 31.4 Å². The van der Waals surface area contributed by atoms with Crippen LogP contribution in [-0.2, 0) is 6.42 Å². The Morgan fingerprint density at radius 2 is 1.81 bits per heavy atom. The van der Waals surface area contributed by atoms with Crippen LogP contribution in [-0.4, -0.2) is 27.7 Å². The Bertz CT molecular complexity index is 896. The molecule has 1 atom stereocenters. The summed E-state index contributed by atoms with van der Waals surface area (Å²) in [7, 11) is 0. The van der Waals surface area contributed by atoms with Gasteiger partial charge in [0.05, 0.1) is 12.3 Å². The van der Waals surface area contributed by atoms with Gasteiger partial charge in [0.1, 0.15) is 5.82 Å². The summed E-state index contributed by atoms with van der Waals surface area (Å²) in [6, 6.07) is 18.1. The first-order chi connectivity index (χ1) is 13.1. The lowest BCUT2D eigenvalue weighted by atomic mass is 10.1. The van der Waals surface area contributed by atoms with Crippen molar-refractivity contribution in [3.05, 3.63) is 65.7 Å². The summed E-state index contributed by atoms with van der Waals surface area (Å²) in [5.74, 6) is 1.22. The van der Waals surface area contributed by atoms with E-state index in [0.717, 1.165) is 29.2 Å². The van der Waals surface area contributed by atoms with Crippen molar-refractivity contribution in [3.8, 4) is 11.3 Å². The fraction of sp³-hybridized carbons (Fsp3) is 0.273. The number of aryl methyl sites for hydroxylation is 2. The normalized spacial score (nSPS) is 11.9. The summed E-state index contributed by atoms with van der Waals surface area (Å²) in [5, 5.41) is 16.0. The first-order valence-electron chi connectivity index (χ1n) is 9.28. The number of aliphatic hydroxyl groups excluding tert-OH is 1. The molecule has 0 aliphatic heterocycles. The maximum atomic E-state index is 9.36. The van der Waals surface area contributed by atoms with Crippen molar-refractivity contribution in [1.29, 1.82) is 0 Å². The molecule has 3 rings (SSSR count). The lowest BCUT2D eigenvalue weighted by molar-refractivity contribution is 0.281. The van der Waals surface area contributed by atoms with E-state index < -0.39 is 0 Å². The number of rotatable bonds is 7. The van der Waals surface area contributed by atoms with Gasteiger partial charge in [-0.1, -0.05) is 55.5 Å². The van der Waals surface area contributed by atoms with Gasteiger partial charge in [0.15, 0.2) is 0 Å². The average molecular weight is 362 g/mol. The van der Waals surface area contributed by atoms with E-state index in [1.807, 2.05) is 43.3 Å². The highest BCUT2D eigenvalue weighted by Gasteiger charge is 2.11. The maximum absolute atomic E-state index is 9.36. The fourth-order valence-electron chi connectivity index (χ4n) is 2.93. The molecular weight excluding hydrogens is 336 g/mol. The van der Waals surface area contributed by atoms with Gasteiger partial charge in [-0.2, -0.15) is 4.98 Å². The van der Waals surface area contributed by atoms with E-state index in [-0.39, 0.29) is 12.6 Å². The Morgan fingerprint density at radius 1 is 1.04 bits per heavy atom. The number of hydrogen-bond acceptors (Lipinski definition) is 5. The predicted molar refractivity (Wildman–Crippen MR) is 111 cm³/mol. The molecule has 1 aromatic heterocycles. The van der Waals surface area contributed by atoms with Crippen molar-refractivity contribution in [2.24, 2.45) is 0 Å². The van der Waals surface area contributed by atoms with Gasteiger partial charge in [-0.25, -0.2) is 4.98 Å². The Labute approximate surface area is 160 Å². The van der Waals surface area contributed by atoms with Crippen LogP contribution in [0.25, 0.3) is 11.3 Å². The molecule has 3 N–H and O–H groups in total. The molecule has 140 valence electrons. The van der Waals surface area contributed by atoms with E-state index in [1.54, 1.807) is 0 Å². The lowest BCUT2D eigenvalue weighted by Crippen LogP contribution is -2.21. The zero-order valence-corrected chi connectivity index (χ0v) is 16.0. The minimum Gasteiger partial charge on any atom is -0.394 e. The van der Waals surface area contributed by atoms with Crippen LogP contribution >= 0.6 is 0 Å². The number of aliphatic hydroxyl groups is 1. The Balaban J connectivity index is 2.03. The van der Waals surface area contributed by atoms with E-state index in [1.165, 1.54) is 11.1 Å². The van der Waals surface area contributed by atoms with Crippen LogP contribution in [0.2, 0.25) is 0 Å². The summed E-state index contributed by atoms with van der Waals surface area (Å²) in [6.07, 6.45) is 0.938. The van der Waals surface area contributed by atoms with Gasteiger partial charge in [0, 0.05) is 23.4 Å². The van der Waals surface area contributed by atoms with Crippen LogP contribution in [0.15, 0.2) is 54.6 Å². The highest BCUT2D eigenvalue weighted by molar-refractivity contribution is 5.70. The number of anilines is 3. The number of nitrogens with zero attached hydrogens (tertiary/aromatic N) is 2. The highest BCUT2D eigenvalue weighted by Crippen LogP contribution is 2.27. The van der Waals surface area contributed by atoms with Crippen LogP contribution in [0.1, 0.15) is 25.0 Å². The molecule has 3 aromatic rings. The highest BCUT2D eigenvalue weighted by atomic mass is 16.3. The molecule has 5 nitrogen and oxygen atoms in total. The van der Waals surface area contributed by atoms with Crippen molar-refractivity contribution in [2.45, 2.75) is 33.2 Å². The van der Waals surface area contributed by atoms with E-state index in [2.05, 4.69) is 52.6 Å². The zero-order chi connectivity index (χ0) is 19.2. The first-order valence-corrected chi connectivity index (χ1v) is 9.28. The maximum Gasteiger partial charge on any atom is 0.225 e. The summed E-state index contributed by atoms with van der Waals surface area (Å²) in [4.78, 5) is 9.24. The molecule has 0 aliphatic carbocycles. The van der Waals surface area contributed by atoms with Crippen molar-refractivity contribution in [1.82, 2.24) is 9.97 Å². The molecule has 1 heterocycles. The Kier molecular flexibility index (Phi) is 6.04. The van der Waals surface area contributed by atoms with Gasteiger partial charge in [-0.15, -0.1) is 0 Å². The molecular formula is C22H26N4O. The van der Waals surface area contributed by atoms with Gasteiger partial charge < -0.3 is 15.7 Å². The third kappa shape index (κ3) is 4.63. The second kappa shape index (κ2) is 8.64. The topological polar surface area (TPSA) is 70.1 Å². The van der Waals surface area contributed by atoms with Gasteiger partial charge >= 0.3 is 0 Å². The van der Waals surface area contributed by atoms with Crippen molar-refractivity contribution in [2.75, 3.05) is 17.2 Å². The van der Waals surface area contributed by atoms with Gasteiger partial charge in [0.2, 0.25) is 5.95 Å². The van der Waals surface area contributed by atoms with Crippen molar-refractivity contribution in [3.63, 3.8) is 0 Å². The summed E-state index contributed by atoms with van der Waals surface area (Å²) in [5.41, 5.74) is 5.34. The largest absolute Gasteiger partial charge is 0.394 e. The number of aromatic nitrogens is 2. The molecule has 2 aromatic carbocycles. The molecule has 27 heavy (non-hydrogen) atoms. The molecule has 0 unspecified atom stereocenters. The lowest BCUT2D eigenvalue weighted by Gasteiger charge is -2.17. The third-order valence-electron chi connectivity index (χ3n) is 4.44. The minimum atomic E-state index is -0.131. The van der Waals surface area contributed by atoms with Crippen molar-refractivity contribution < 1.29 is 5.11 Å². The summed E-state index contributed by atoms with van der Waals surface area (Å²) in [6.45, 7) is 6.14. The van der Waals surface area contributed by atoms with E-state index in [4.69, 9.17) is 0 Å². The summed E-state index contributed by atoms with van der Waals surface area (Å²) >= 11 is 0. The molecule has 5 heteroatoms. The summed E-state index contributed by atoms with van der Waals surface area (Å²) < 4.78 is 0. The predicted octanol–water partition coefficient (Wildman–Crippen LogP) is 4.55. The molecule has 0 aliphatic rings. The molecule has 0 saturated heterocycles. The second-order valence-corrected chi connectivity index (χ2v) is 6.64. The molecule has 0 fully saturated rings. The van der Waals surface area contributed by atoms with E-state index in [9.17, 15) is 5.11 Å². The van der Waals surface area contributed by atoms with Crippen LogP contribution in [0.4, 0.5) is 17.5 Å². The van der Waals surface area contributed by atoms with Crippen LogP contribution < -0.4 is 10.6 Å². The van der Waals surface area contributed by atoms with E-state index >= 15 is 0 Å². The number of para-hydroxylation sites is 1. The Morgan fingerprint density at radius 3 is 2.52 bits per heavy atom. The monoisotopic (exact) mass is 362 g/mol. The van der Waals surface area contributed by atoms with Crippen LogP contribution in [0, 0.1) is 6.92 Å². The average Bonchev–Trinajstić information content (AvgIpc) is 2.70. The standard InChI is InChI=1S/C22H26N4O/c1-4-17-12-8-9-15(2)21(17)25-20-13-19(18-10-6-5-7-11-18)24-22(26-20)23-16(3)14-27/h5-13,16,27H,4,14H2,1-3H3,(H2,23,24,25,26)/t16-/m0/s1. The third-order valence-corrected chi connectivity index (χ3v) is 4.44. The Hall–Kier alpha value is -2.92. The van der Waals surface area contributed by atoms with Gasteiger partial charge in [0.25, 0.3) is 0 Å². The van der Waals surface area contributed by atoms with Crippen LogP contribution in [0.3, 0.4) is 0 Å². The first kappa shape index (κ1) is 18.9. The fourth-order valence-corrected chi connectivity index (χ4v) is 2.93. The molecule has 0 saturated carbocycles. The van der Waals surface area contributed by atoms with E-state index in [0.29, 0.717) is 5.95 Å². The molecule has 0 amide bonds. The quantitative estimate of drug-likeness (QED) is 0.575. The molecule has 0 spiro atoms. The minimum absolute atomic E-state index is 0.0134. The second-order valence-electron chi connectivity index (χ2n) is 6.64. The number of hydrogen-bond donors (Lipinski definition) is 3. The SMILES string of the molecule is CCc1cccc(C)c1Nc1cc(-c2ccccc2)nc(N[C@@H](C)CO)n1. The smallest absolute Gasteiger partial charge is 0.225 e. The molecule has 0 radical (unpaired) electrons. The van der Waals surface area contributed by atoms with Crippen molar-refractivity contribution >= 4 is 17.5 Å². The molecule has 0 bridgehead atoms. The van der Waals surface area contributed by atoms with Gasteiger partial charge in [-0.3, -0.25) is 0 Å². The number of nitrogens with one attached hydrogen (secondary N) is 2.